The molecule has 3 N–H and O–H groups in total. The van der Waals surface area contributed by atoms with E-state index in [4.69, 9.17) is 37.0 Å². The lowest BCUT2D eigenvalue weighted by Crippen LogP contribution is -2.30. The summed E-state index contributed by atoms with van der Waals surface area (Å²) in [5.41, 5.74) is 0. The van der Waals surface area contributed by atoms with Crippen LogP contribution >= 0.6 is 15.6 Å². The van der Waals surface area contributed by atoms with E-state index in [1.165, 1.54) is 103 Å². The van der Waals surface area contributed by atoms with Crippen LogP contribution in [0.3, 0.4) is 0 Å². The van der Waals surface area contributed by atoms with Gasteiger partial charge in [-0.2, -0.15) is 0 Å². The predicted molar refractivity (Wildman–Crippen MR) is 418 cm³/mol. The molecule has 0 bridgehead atoms. The SMILES string of the molecule is CC/C=C\C/C=C\C/C=C\C/C=C\CCCCCCC(=O)OCC(COP(=O)(O)OCC(O)COP(=O)(O)OCC(COC(=O)CCCCCCC/C=C\C/C=C\CCCCC)OC(=O)CCCCCCC/C=C\C/C=C\CCCCC)OC(=O)CCCCCCCCCCCCCCCCC. The van der Waals surface area contributed by atoms with Crippen molar-refractivity contribution in [2.45, 2.75) is 367 Å². The second kappa shape index (κ2) is 75.2. The highest BCUT2D eigenvalue weighted by atomic mass is 31.2. The molecule has 17 nitrogen and oxygen atoms in total. The third-order valence-electron chi connectivity index (χ3n) is 17.0. The molecule has 0 spiro atoms. The van der Waals surface area contributed by atoms with E-state index in [9.17, 15) is 43.2 Å². The summed E-state index contributed by atoms with van der Waals surface area (Å²) in [7, 11) is -9.96. The Kier molecular flexibility index (Phi) is 72.3. The van der Waals surface area contributed by atoms with Gasteiger partial charge in [-0.05, 0) is 128 Å². The highest BCUT2D eigenvalue weighted by Crippen LogP contribution is 2.45. The molecule has 0 amide bonds. The average Bonchev–Trinajstić information content (AvgIpc) is 0.923. The molecule has 0 heterocycles. The van der Waals surface area contributed by atoms with E-state index in [-0.39, 0.29) is 25.7 Å². The number of aliphatic hydroxyl groups excluding tert-OH is 1. The van der Waals surface area contributed by atoms with Gasteiger partial charge in [0.15, 0.2) is 12.2 Å². The van der Waals surface area contributed by atoms with E-state index >= 15 is 0 Å². The molecule has 0 aromatic heterocycles. The molecule has 0 rings (SSSR count). The molecule has 0 saturated heterocycles. The van der Waals surface area contributed by atoms with Gasteiger partial charge in [0.25, 0.3) is 0 Å². The molecular weight excluding hydrogens is 1330 g/mol. The molecule has 0 aliphatic heterocycles. The number of phosphoric acid groups is 2. The summed E-state index contributed by atoms with van der Waals surface area (Å²) >= 11 is 0. The highest BCUT2D eigenvalue weighted by molar-refractivity contribution is 7.47. The van der Waals surface area contributed by atoms with Crippen molar-refractivity contribution in [1.29, 1.82) is 0 Å². The molecular formula is C83H146O17P2. The number of esters is 4. The maximum atomic E-state index is 13.1. The largest absolute Gasteiger partial charge is 0.472 e. The van der Waals surface area contributed by atoms with Gasteiger partial charge in [0.2, 0.25) is 0 Å². The Morgan fingerprint density at radius 3 is 0.804 bits per heavy atom. The first-order chi connectivity index (χ1) is 49.7. The standard InChI is InChI=1S/C83H146O17P2/c1-5-9-13-17-21-25-29-33-37-38-42-44-48-52-56-60-64-68-81(86)94-74-79(100-83(88)70-66-62-58-54-50-46-41-36-32-28-24-20-16-12-8-4)76-98-102(91,92)96-72-77(84)71-95-101(89,90)97-75-78(99-82(87)69-65-61-57-53-49-45-40-35-31-27-23-19-15-11-7-3)73-93-80(85)67-63-59-55-51-47-43-39-34-30-26-22-18-14-10-6-2/h9,13,21-23,25-27,33-35,37,39-40,42,44,77-79,84H,5-8,10-12,14-20,24,28-32,36,38,41,43,45-76H2,1-4H3,(H,89,90)(H,91,92)/b13-9-,25-21-,26-22-,27-23-,37-33-,39-34-,40-35-,44-42-. The zero-order chi connectivity index (χ0) is 74.6. The number of ether oxygens (including phenoxy) is 4. The van der Waals surface area contributed by atoms with E-state index < -0.39 is 97.5 Å². The van der Waals surface area contributed by atoms with Crippen molar-refractivity contribution in [3.63, 3.8) is 0 Å². The summed E-state index contributed by atoms with van der Waals surface area (Å²) in [6.07, 6.45) is 79.4. The molecule has 0 aromatic rings. The highest BCUT2D eigenvalue weighted by Gasteiger charge is 2.30. The molecule has 0 fully saturated rings. The maximum Gasteiger partial charge on any atom is 0.472 e. The van der Waals surface area contributed by atoms with Crippen LogP contribution in [0.5, 0.6) is 0 Å². The second-order valence-electron chi connectivity index (χ2n) is 27.0. The lowest BCUT2D eigenvalue weighted by molar-refractivity contribution is -0.161. The summed E-state index contributed by atoms with van der Waals surface area (Å²) in [6, 6.07) is 0. The molecule has 102 heavy (non-hydrogen) atoms. The molecule has 5 unspecified atom stereocenters. The van der Waals surface area contributed by atoms with Gasteiger partial charge >= 0.3 is 39.5 Å². The van der Waals surface area contributed by atoms with Crippen LogP contribution < -0.4 is 0 Å². The van der Waals surface area contributed by atoms with Gasteiger partial charge in [-0.15, -0.1) is 0 Å². The fourth-order valence-corrected chi connectivity index (χ4v) is 12.4. The van der Waals surface area contributed by atoms with Crippen molar-refractivity contribution in [3.8, 4) is 0 Å². The van der Waals surface area contributed by atoms with Crippen molar-refractivity contribution in [2.24, 2.45) is 0 Å². The summed E-state index contributed by atoms with van der Waals surface area (Å²) in [4.78, 5) is 73.0. The van der Waals surface area contributed by atoms with Crippen LogP contribution in [0.4, 0.5) is 0 Å². The van der Waals surface area contributed by atoms with Gasteiger partial charge in [0.1, 0.15) is 19.3 Å². The van der Waals surface area contributed by atoms with E-state index in [1.807, 2.05) is 0 Å². The second-order valence-corrected chi connectivity index (χ2v) is 29.9. The van der Waals surface area contributed by atoms with E-state index in [1.54, 1.807) is 0 Å². The molecule has 0 aliphatic carbocycles. The van der Waals surface area contributed by atoms with Crippen molar-refractivity contribution >= 4 is 39.5 Å². The topological polar surface area (TPSA) is 237 Å². The minimum absolute atomic E-state index is 0.0763. The fourth-order valence-electron chi connectivity index (χ4n) is 10.9. The molecule has 0 aromatic carbocycles. The van der Waals surface area contributed by atoms with Crippen LogP contribution in [-0.2, 0) is 65.4 Å². The maximum absolute atomic E-state index is 13.1. The Morgan fingerprint density at radius 2 is 0.510 bits per heavy atom. The number of aliphatic hydroxyl groups is 1. The third kappa shape index (κ3) is 74.3. The van der Waals surface area contributed by atoms with Crippen molar-refractivity contribution < 1.29 is 80.2 Å². The summed E-state index contributed by atoms with van der Waals surface area (Å²) in [6.45, 7) is 4.70. The van der Waals surface area contributed by atoms with E-state index in [0.717, 1.165) is 167 Å². The summed E-state index contributed by atoms with van der Waals surface area (Å²) < 4.78 is 68.6. The third-order valence-corrected chi connectivity index (χ3v) is 18.9. The average molecular weight is 1480 g/mol. The summed E-state index contributed by atoms with van der Waals surface area (Å²) in [5.74, 6) is -2.21. The van der Waals surface area contributed by atoms with Gasteiger partial charge in [0, 0.05) is 25.7 Å². The monoisotopic (exact) mass is 1480 g/mol. The Balaban J connectivity index is 5.38. The van der Waals surface area contributed by atoms with Crippen molar-refractivity contribution in [2.75, 3.05) is 39.6 Å². The quantitative estimate of drug-likeness (QED) is 0.0169. The normalized spacial score (nSPS) is 14.4. The van der Waals surface area contributed by atoms with Crippen LogP contribution in [0, 0.1) is 0 Å². The van der Waals surface area contributed by atoms with Crippen LogP contribution in [0.1, 0.15) is 349 Å². The number of hydrogen-bond donors (Lipinski definition) is 3. The van der Waals surface area contributed by atoms with Crippen molar-refractivity contribution in [1.82, 2.24) is 0 Å². The van der Waals surface area contributed by atoms with Gasteiger partial charge in [0.05, 0.1) is 26.4 Å². The molecule has 590 valence electrons. The van der Waals surface area contributed by atoms with Crippen LogP contribution in [0.15, 0.2) is 97.2 Å². The zero-order valence-corrected chi connectivity index (χ0v) is 66.3. The predicted octanol–water partition coefficient (Wildman–Crippen LogP) is 23.6. The fraction of sp³-hybridized carbons (Fsp3) is 0.759. The smallest absolute Gasteiger partial charge is 0.462 e. The molecule has 19 heteroatoms. The van der Waals surface area contributed by atoms with Gasteiger partial charge in [-0.3, -0.25) is 37.3 Å². The van der Waals surface area contributed by atoms with Crippen molar-refractivity contribution in [3.05, 3.63) is 97.2 Å². The molecule has 0 saturated carbocycles. The van der Waals surface area contributed by atoms with Crippen LogP contribution in [0.2, 0.25) is 0 Å². The Morgan fingerprint density at radius 1 is 0.284 bits per heavy atom. The van der Waals surface area contributed by atoms with Crippen LogP contribution in [0.25, 0.3) is 0 Å². The summed E-state index contributed by atoms with van der Waals surface area (Å²) in [5, 5.41) is 10.6. The first-order valence-electron chi connectivity index (χ1n) is 40.5. The van der Waals surface area contributed by atoms with Gasteiger partial charge in [-0.1, -0.05) is 292 Å². The number of unbranched alkanes of at least 4 members (excludes halogenated alkanes) is 34. The number of carbonyl (C=O) groups excluding carboxylic acids is 4. The minimum atomic E-state index is -4.98. The lowest BCUT2D eigenvalue weighted by atomic mass is 10.0. The first-order valence-corrected chi connectivity index (χ1v) is 43.5. The number of carbonyl (C=O) groups is 4. The number of hydrogen-bond acceptors (Lipinski definition) is 15. The zero-order valence-electron chi connectivity index (χ0n) is 64.5. The van der Waals surface area contributed by atoms with E-state index in [0.29, 0.717) is 25.7 Å². The van der Waals surface area contributed by atoms with Gasteiger partial charge < -0.3 is 33.8 Å². The Bertz CT molecular complexity index is 2310. The molecule has 5 atom stereocenters. The molecule has 0 radical (unpaired) electrons. The first kappa shape index (κ1) is 98.0. The van der Waals surface area contributed by atoms with Gasteiger partial charge in [-0.25, -0.2) is 9.13 Å². The number of rotatable bonds is 76. The Hall–Kier alpha value is -4.02. The number of phosphoric ester groups is 2. The number of allylic oxidation sites excluding steroid dienone is 16. The van der Waals surface area contributed by atoms with E-state index in [2.05, 4.69) is 125 Å². The van der Waals surface area contributed by atoms with Crippen LogP contribution in [-0.4, -0.2) is 96.7 Å². The minimum Gasteiger partial charge on any atom is -0.462 e. The Labute approximate surface area is 620 Å². The molecule has 0 aliphatic rings. The lowest BCUT2D eigenvalue weighted by Gasteiger charge is -2.21.